The topological polar surface area (TPSA) is 158 Å². The van der Waals surface area contributed by atoms with Gasteiger partial charge in [0.1, 0.15) is 22.7 Å². The molecular formula is C15H30O12P2S2. The molecule has 0 aromatic carbocycles. The Morgan fingerprint density at radius 2 is 1.13 bits per heavy atom. The van der Waals surface area contributed by atoms with Crippen LogP contribution in [0.4, 0.5) is 0 Å². The average Bonchev–Trinajstić information content (AvgIpc) is 3.00. The van der Waals surface area contributed by atoms with E-state index >= 15 is 0 Å². The summed E-state index contributed by atoms with van der Waals surface area (Å²) in [4.78, 5) is 0. The zero-order chi connectivity index (χ0) is 23.6. The van der Waals surface area contributed by atoms with Crippen molar-refractivity contribution in [3.8, 4) is 0 Å². The van der Waals surface area contributed by atoms with Crippen LogP contribution in [-0.4, -0.2) is 78.3 Å². The van der Waals surface area contributed by atoms with Crippen LogP contribution in [0.3, 0.4) is 0 Å². The Hall–Kier alpha value is 0.120. The van der Waals surface area contributed by atoms with Crippen molar-refractivity contribution < 1.29 is 52.4 Å². The van der Waals surface area contributed by atoms with E-state index in [0.717, 1.165) is 0 Å². The van der Waals surface area contributed by atoms with Gasteiger partial charge in [-0.05, 0) is 34.1 Å². The van der Waals surface area contributed by atoms with Crippen molar-refractivity contribution in [3.63, 3.8) is 0 Å². The molecule has 2 heterocycles. The third-order valence-corrected chi connectivity index (χ3v) is 11.6. The normalized spacial score (nSPS) is 33.7. The highest BCUT2D eigenvalue weighted by Crippen LogP contribution is 2.57. The summed E-state index contributed by atoms with van der Waals surface area (Å²) in [6.45, 7) is 5.64. The van der Waals surface area contributed by atoms with Crippen LogP contribution < -0.4 is 0 Å². The quantitative estimate of drug-likeness (QED) is 0.269. The second kappa shape index (κ2) is 9.77. The van der Waals surface area contributed by atoms with Crippen molar-refractivity contribution >= 4 is 35.4 Å². The second-order valence-corrected chi connectivity index (χ2v) is 15.4. The Kier molecular flexibility index (Phi) is 8.63. The molecule has 4 atom stereocenters. The first-order valence-corrected chi connectivity index (χ1v) is 16.3. The smallest absolute Gasteiger partial charge is 0.309 e. The zero-order valence-corrected chi connectivity index (χ0v) is 21.4. The molecule has 2 aliphatic heterocycles. The van der Waals surface area contributed by atoms with Crippen LogP contribution in [-0.2, 0) is 55.8 Å². The van der Waals surface area contributed by atoms with E-state index in [1.165, 1.54) is 13.8 Å². The van der Waals surface area contributed by atoms with E-state index in [0.29, 0.717) is 0 Å². The van der Waals surface area contributed by atoms with Gasteiger partial charge in [-0.25, -0.2) is 0 Å². The second-order valence-electron chi connectivity index (χ2n) is 7.87. The number of hydrogen-bond donors (Lipinski definition) is 0. The van der Waals surface area contributed by atoms with Gasteiger partial charge in [0.05, 0.1) is 38.8 Å². The first kappa shape index (κ1) is 27.4. The molecule has 0 aromatic rings. The van der Waals surface area contributed by atoms with Crippen molar-refractivity contribution in [2.45, 2.75) is 45.3 Å². The maximum atomic E-state index is 13.2. The van der Waals surface area contributed by atoms with Crippen LogP contribution in [0.15, 0.2) is 0 Å². The standard InChI is InChI=1S/C15H30O12P2S2/c1-5-22-28(16,26-14(3)10-24-30(18,19)12-14)8-7-9-29(17,23-6-2)27-15(4)11-25-31(20,21)13-15/h5-13H2,1-4H3. The lowest BCUT2D eigenvalue weighted by atomic mass is 10.2. The minimum absolute atomic E-state index is 0.0297. The molecule has 0 N–H and O–H groups in total. The van der Waals surface area contributed by atoms with Gasteiger partial charge in [-0.3, -0.25) is 26.5 Å². The molecule has 16 heteroatoms. The lowest BCUT2D eigenvalue weighted by Gasteiger charge is -2.29. The molecule has 31 heavy (non-hydrogen) atoms. The van der Waals surface area contributed by atoms with Crippen molar-refractivity contribution in [1.29, 1.82) is 0 Å². The summed E-state index contributed by atoms with van der Waals surface area (Å²) in [5.41, 5.74) is -2.68. The molecule has 2 rings (SSSR count). The van der Waals surface area contributed by atoms with Gasteiger partial charge in [-0.1, -0.05) is 0 Å². The zero-order valence-electron chi connectivity index (χ0n) is 18.0. The van der Waals surface area contributed by atoms with Crippen LogP contribution in [0.2, 0.25) is 0 Å². The molecule has 0 bridgehead atoms. The van der Waals surface area contributed by atoms with E-state index in [1.807, 2.05) is 0 Å². The summed E-state index contributed by atoms with van der Waals surface area (Å²) < 4.78 is 104. The van der Waals surface area contributed by atoms with E-state index in [4.69, 9.17) is 26.5 Å². The SMILES string of the molecule is CCOP(=O)(CCCP(=O)(OCC)OC1(C)COS(=O)(=O)C1)OC1(C)COS(=O)(=O)C1. The fourth-order valence-electron chi connectivity index (χ4n) is 3.24. The first-order valence-electron chi connectivity index (χ1n) is 9.70. The number of hydrogen-bond acceptors (Lipinski definition) is 12. The molecule has 4 unspecified atom stereocenters. The largest absolute Gasteiger partial charge is 0.331 e. The van der Waals surface area contributed by atoms with E-state index < -0.39 is 58.1 Å². The molecule has 0 saturated carbocycles. The van der Waals surface area contributed by atoms with Gasteiger partial charge in [0.25, 0.3) is 20.2 Å². The predicted octanol–water partition coefficient (Wildman–Crippen LogP) is 2.11. The number of rotatable bonds is 12. The molecule has 0 aliphatic carbocycles. The van der Waals surface area contributed by atoms with Crippen molar-refractivity contribution in [1.82, 2.24) is 0 Å². The highest BCUT2D eigenvalue weighted by atomic mass is 32.2. The van der Waals surface area contributed by atoms with Crippen molar-refractivity contribution in [2.24, 2.45) is 0 Å². The maximum absolute atomic E-state index is 13.2. The highest BCUT2D eigenvalue weighted by molar-refractivity contribution is 7.87. The molecule has 2 saturated heterocycles. The summed E-state index contributed by atoms with van der Waals surface area (Å²) in [5, 5.41) is 0. The highest BCUT2D eigenvalue weighted by Gasteiger charge is 2.48. The predicted molar refractivity (Wildman–Crippen MR) is 111 cm³/mol. The lowest BCUT2D eigenvalue weighted by Crippen LogP contribution is -2.33. The maximum Gasteiger partial charge on any atom is 0.331 e. The molecule has 2 aliphatic rings. The van der Waals surface area contributed by atoms with Gasteiger partial charge < -0.3 is 9.05 Å². The lowest BCUT2D eigenvalue weighted by molar-refractivity contribution is 0.0594. The molecule has 0 radical (unpaired) electrons. The van der Waals surface area contributed by atoms with Gasteiger partial charge >= 0.3 is 15.2 Å². The Morgan fingerprint density at radius 3 is 1.39 bits per heavy atom. The average molecular weight is 528 g/mol. The van der Waals surface area contributed by atoms with Gasteiger partial charge in [0.15, 0.2) is 0 Å². The third-order valence-electron chi connectivity index (χ3n) is 4.29. The first-order chi connectivity index (χ1) is 14.1. The Bertz CT molecular complexity index is 873. The summed E-state index contributed by atoms with van der Waals surface area (Å²) in [5.74, 6) is -0.936. The minimum atomic E-state index is -3.77. The van der Waals surface area contributed by atoms with Crippen LogP contribution >= 0.6 is 15.2 Å². The van der Waals surface area contributed by atoms with E-state index in [-0.39, 0.29) is 45.2 Å². The summed E-state index contributed by atoms with van der Waals surface area (Å²) in [6, 6.07) is 0. The van der Waals surface area contributed by atoms with Gasteiger partial charge in [-0.15, -0.1) is 0 Å². The van der Waals surface area contributed by atoms with Gasteiger partial charge in [0, 0.05) is 0 Å². The molecule has 12 nitrogen and oxygen atoms in total. The van der Waals surface area contributed by atoms with Gasteiger partial charge in [0.2, 0.25) is 0 Å². The van der Waals surface area contributed by atoms with Crippen LogP contribution in [0, 0.1) is 0 Å². The van der Waals surface area contributed by atoms with E-state index in [9.17, 15) is 26.0 Å². The molecule has 2 fully saturated rings. The Balaban J connectivity index is 2.04. The summed E-state index contributed by atoms with van der Waals surface area (Å²) in [7, 11) is -15.1. The molecule has 0 spiro atoms. The fraction of sp³-hybridized carbons (Fsp3) is 1.00. The molecule has 0 amide bonds. The van der Waals surface area contributed by atoms with E-state index in [2.05, 4.69) is 0 Å². The molecule has 0 aromatic heterocycles. The fourth-order valence-corrected chi connectivity index (χ4v) is 10.5. The van der Waals surface area contributed by atoms with Crippen molar-refractivity contribution in [2.75, 3.05) is 50.3 Å². The monoisotopic (exact) mass is 528 g/mol. The minimum Gasteiger partial charge on any atom is -0.309 e. The van der Waals surface area contributed by atoms with Crippen LogP contribution in [0.5, 0.6) is 0 Å². The molecular weight excluding hydrogens is 498 g/mol. The summed E-state index contributed by atoms with van der Waals surface area (Å²) in [6.07, 6.45) is -0.327. The summed E-state index contributed by atoms with van der Waals surface area (Å²) >= 11 is 0. The third kappa shape index (κ3) is 8.13. The van der Waals surface area contributed by atoms with E-state index in [1.54, 1.807) is 13.8 Å². The molecule has 184 valence electrons. The Labute approximate surface area is 183 Å². The Morgan fingerprint density at radius 1 is 0.774 bits per heavy atom. The van der Waals surface area contributed by atoms with Crippen LogP contribution in [0.1, 0.15) is 34.1 Å². The van der Waals surface area contributed by atoms with Gasteiger partial charge in [-0.2, -0.15) is 16.8 Å². The van der Waals surface area contributed by atoms with Crippen LogP contribution in [0.25, 0.3) is 0 Å². The van der Waals surface area contributed by atoms with Crippen molar-refractivity contribution in [3.05, 3.63) is 0 Å².